The van der Waals surface area contributed by atoms with Gasteiger partial charge in [0, 0.05) is 11.6 Å². The number of amides is 1. The molecule has 1 aliphatic heterocycles. The summed E-state index contributed by atoms with van der Waals surface area (Å²) in [5.41, 5.74) is 1.92. The van der Waals surface area contributed by atoms with Crippen molar-refractivity contribution in [1.29, 1.82) is 0 Å². The molecule has 0 unspecified atom stereocenters. The molecule has 1 amide bonds. The van der Waals surface area contributed by atoms with Crippen LogP contribution in [0.15, 0.2) is 63.2 Å². The van der Waals surface area contributed by atoms with Crippen molar-refractivity contribution in [3.63, 3.8) is 0 Å². The summed E-state index contributed by atoms with van der Waals surface area (Å²) in [6.45, 7) is 0. The van der Waals surface area contributed by atoms with Crippen molar-refractivity contribution in [3.8, 4) is 0 Å². The number of hydrogen-bond acceptors (Lipinski definition) is 4. The Kier molecular flexibility index (Phi) is 4.78. The fourth-order valence-corrected chi connectivity index (χ4v) is 3.91. The fourth-order valence-electron chi connectivity index (χ4n) is 2.60. The molecule has 0 spiro atoms. The first-order valence-corrected chi connectivity index (χ1v) is 9.43. The molecule has 0 atom stereocenters. The Balaban J connectivity index is 1.58. The molecule has 134 valence electrons. The molecule has 2 heterocycles. The average molecular weight is 416 g/mol. The highest BCUT2D eigenvalue weighted by molar-refractivity contribution is 8.18. The van der Waals surface area contributed by atoms with E-state index >= 15 is 0 Å². The van der Waals surface area contributed by atoms with Crippen molar-refractivity contribution in [2.24, 2.45) is 4.99 Å². The third-order valence-electron chi connectivity index (χ3n) is 3.86. The van der Waals surface area contributed by atoms with Crippen LogP contribution in [0, 0.1) is 0 Å². The lowest BCUT2D eigenvalue weighted by Crippen LogP contribution is -2.05. The van der Waals surface area contributed by atoms with Gasteiger partial charge in [0.25, 0.3) is 5.91 Å². The van der Waals surface area contributed by atoms with E-state index in [1.807, 2.05) is 12.1 Å². The molecule has 0 saturated carbocycles. The maximum absolute atomic E-state index is 12.2. The van der Waals surface area contributed by atoms with Gasteiger partial charge in [-0.3, -0.25) is 9.59 Å². The Hall–Kier alpha value is -2.54. The molecule has 5 nitrogen and oxygen atoms in total. The molecular weight excluding hydrogens is 405 g/mol. The van der Waals surface area contributed by atoms with Gasteiger partial charge in [-0.15, -0.1) is 0 Å². The molecule has 0 fully saturated rings. The first kappa shape index (κ1) is 17.9. The average Bonchev–Trinajstić information content (AvgIpc) is 2.98. The molecule has 1 aliphatic rings. The number of aromatic amines is 1. The number of benzene rings is 2. The van der Waals surface area contributed by atoms with Gasteiger partial charge in [-0.2, -0.15) is 4.99 Å². The summed E-state index contributed by atoms with van der Waals surface area (Å²) in [5.74, 6) is -0.341. The van der Waals surface area contributed by atoms with Crippen LogP contribution in [0.4, 0.5) is 5.69 Å². The number of H-pyrrole nitrogens is 1. The van der Waals surface area contributed by atoms with Gasteiger partial charge in [-0.1, -0.05) is 35.3 Å². The number of para-hydroxylation sites is 1. The van der Waals surface area contributed by atoms with Crippen LogP contribution in [0.3, 0.4) is 0 Å². The van der Waals surface area contributed by atoms with Gasteiger partial charge in [0.2, 0.25) is 5.56 Å². The smallest absolute Gasteiger partial charge is 0.286 e. The molecule has 3 aromatic rings. The number of amidine groups is 1. The van der Waals surface area contributed by atoms with Gasteiger partial charge >= 0.3 is 0 Å². The number of carbonyl (C=O) groups is 1. The number of pyridine rings is 1. The summed E-state index contributed by atoms with van der Waals surface area (Å²) in [6, 6.07) is 13.9. The molecule has 0 aliphatic carbocycles. The number of hydrogen-bond donors (Lipinski definition) is 2. The standard InChI is InChI=1S/C19H11Cl2N3O2S/c20-12-2-1-3-13(21)17(12)23-19-24-18(26)15(27-19)9-10-4-6-14-11(8-10)5-7-16(25)22-14/h1-9H,(H,22,25)(H,23,24,26). The lowest BCUT2D eigenvalue weighted by Gasteiger charge is -2.08. The number of fused-ring (bicyclic) bond motifs is 1. The van der Waals surface area contributed by atoms with Crippen LogP contribution in [0.1, 0.15) is 5.56 Å². The predicted octanol–water partition coefficient (Wildman–Crippen LogP) is 4.92. The third kappa shape index (κ3) is 3.78. The second-order valence-corrected chi connectivity index (χ2v) is 7.57. The number of rotatable bonds is 2. The van der Waals surface area contributed by atoms with Gasteiger partial charge < -0.3 is 10.3 Å². The summed E-state index contributed by atoms with van der Waals surface area (Å²) in [5, 5.41) is 5.18. The fraction of sp³-hybridized carbons (Fsp3) is 0. The van der Waals surface area contributed by atoms with Crippen molar-refractivity contribution >= 4 is 68.7 Å². The monoisotopic (exact) mass is 415 g/mol. The maximum Gasteiger partial charge on any atom is 0.286 e. The van der Waals surface area contributed by atoms with Crippen molar-refractivity contribution in [1.82, 2.24) is 4.98 Å². The minimum atomic E-state index is -0.341. The highest BCUT2D eigenvalue weighted by atomic mass is 35.5. The molecule has 27 heavy (non-hydrogen) atoms. The van der Waals surface area contributed by atoms with Crippen molar-refractivity contribution in [2.75, 3.05) is 5.32 Å². The minimum Gasteiger partial charge on any atom is -0.332 e. The van der Waals surface area contributed by atoms with Crippen LogP contribution >= 0.6 is 35.0 Å². The van der Waals surface area contributed by atoms with E-state index in [1.54, 1.807) is 36.4 Å². The summed E-state index contributed by atoms with van der Waals surface area (Å²) in [6.07, 6.45) is 1.75. The van der Waals surface area contributed by atoms with E-state index in [9.17, 15) is 9.59 Å². The SMILES string of the molecule is O=C1N=C(Nc2c(Cl)cccc2Cl)SC1=Cc1ccc2[nH]c(=O)ccc2c1. The number of carbonyl (C=O) groups excluding carboxylic acids is 1. The number of aliphatic imine (C=N–C) groups is 1. The second-order valence-electron chi connectivity index (χ2n) is 5.72. The molecule has 0 bridgehead atoms. The van der Waals surface area contributed by atoms with Crippen molar-refractivity contribution < 1.29 is 4.79 Å². The van der Waals surface area contributed by atoms with Gasteiger partial charge in [0.1, 0.15) is 0 Å². The lowest BCUT2D eigenvalue weighted by molar-refractivity contribution is -0.113. The summed E-state index contributed by atoms with van der Waals surface area (Å²) in [4.78, 5) is 30.8. The van der Waals surface area contributed by atoms with Gasteiger partial charge in [-0.25, -0.2) is 0 Å². The molecule has 1 aromatic heterocycles. The first-order valence-electron chi connectivity index (χ1n) is 7.86. The number of halogens is 2. The summed E-state index contributed by atoms with van der Waals surface area (Å²) in [7, 11) is 0. The topological polar surface area (TPSA) is 74.3 Å². The minimum absolute atomic E-state index is 0.155. The van der Waals surface area contributed by atoms with Crippen molar-refractivity contribution in [2.45, 2.75) is 0 Å². The van der Waals surface area contributed by atoms with Crippen LogP contribution in [0.2, 0.25) is 10.0 Å². The Morgan fingerprint density at radius 1 is 1.04 bits per heavy atom. The molecule has 2 aromatic carbocycles. The molecular formula is C19H11Cl2N3O2S. The van der Waals surface area contributed by atoms with E-state index in [4.69, 9.17) is 23.2 Å². The largest absolute Gasteiger partial charge is 0.332 e. The number of nitrogens with zero attached hydrogens (tertiary/aromatic N) is 1. The quantitative estimate of drug-likeness (QED) is 0.582. The van der Waals surface area contributed by atoms with Crippen LogP contribution in [-0.2, 0) is 4.79 Å². The molecule has 8 heteroatoms. The van der Waals surface area contributed by atoms with Crippen LogP contribution in [0.5, 0.6) is 0 Å². The summed E-state index contributed by atoms with van der Waals surface area (Å²) < 4.78 is 0. The Morgan fingerprint density at radius 2 is 1.81 bits per heavy atom. The zero-order valence-corrected chi connectivity index (χ0v) is 16.0. The van der Waals surface area contributed by atoms with E-state index in [1.165, 1.54) is 17.8 Å². The van der Waals surface area contributed by atoms with E-state index in [2.05, 4.69) is 15.3 Å². The Labute approximate surface area is 168 Å². The highest BCUT2D eigenvalue weighted by Gasteiger charge is 2.23. The maximum atomic E-state index is 12.2. The number of aromatic nitrogens is 1. The Bertz CT molecular complexity index is 1180. The van der Waals surface area contributed by atoms with Gasteiger partial charge in [0.05, 0.1) is 20.6 Å². The third-order valence-corrected chi connectivity index (χ3v) is 5.39. The predicted molar refractivity (Wildman–Crippen MR) is 113 cm³/mol. The van der Waals surface area contributed by atoms with Crippen molar-refractivity contribution in [3.05, 3.63) is 79.4 Å². The number of nitrogens with one attached hydrogen (secondary N) is 2. The normalized spacial score (nSPS) is 15.4. The zero-order chi connectivity index (χ0) is 19.0. The van der Waals surface area contributed by atoms with E-state index in [0.29, 0.717) is 25.8 Å². The molecule has 0 saturated heterocycles. The van der Waals surface area contributed by atoms with Crippen LogP contribution < -0.4 is 10.9 Å². The number of anilines is 1. The highest BCUT2D eigenvalue weighted by Crippen LogP contribution is 2.34. The lowest BCUT2D eigenvalue weighted by atomic mass is 10.1. The van der Waals surface area contributed by atoms with Crippen LogP contribution in [0.25, 0.3) is 17.0 Å². The summed E-state index contributed by atoms with van der Waals surface area (Å²) >= 11 is 13.5. The van der Waals surface area contributed by atoms with E-state index < -0.39 is 0 Å². The molecule has 0 radical (unpaired) electrons. The number of thioether (sulfide) groups is 1. The molecule has 4 rings (SSSR count). The first-order chi connectivity index (χ1) is 13.0. The second kappa shape index (κ2) is 7.23. The Morgan fingerprint density at radius 3 is 2.59 bits per heavy atom. The van der Waals surface area contributed by atoms with Gasteiger partial charge in [-0.05, 0) is 59.1 Å². The zero-order valence-electron chi connectivity index (χ0n) is 13.6. The molecule has 2 N–H and O–H groups in total. The van der Waals surface area contributed by atoms with Crippen LogP contribution in [-0.4, -0.2) is 16.1 Å². The van der Waals surface area contributed by atoms with E-state index in [0.717, 1.165) is 16.5 Å². The van der Waals surface area contributed by atoms with Gasteiger partial charge in [0.15, 0.2) is 5.17 Å². The van der Waals surface area contributed by atoms with E-state index in [-0.39, 0.29) is 11.5 Å².